The Morgan fingerprint density at radius 1 is 1.00 bits per heavy atom. The van der Waals surface area contributed by atoms with Gasteiger partial charge in [-0.15, -0.1) is 0 Å². The molecular formula is C21H25NO. The van der Waals surface area contributed by atoms with Crippen molar-refractivity contribution in [2.75, 3.05) is 11.4 Å². The summed E-state index contributed by atoms with van der Waals surface area (Å²) in [4.78, 5) is 14.5. The molecule has 2 aromatic carbocycles. The van der Waals surface area contributed by atoms with Crippen LogP contribution >= 0.6 is 0 Å². The molecule has 0 unspecified atom stereocenters. The van der Waals surface area contributed by atoms with Crippen molar-refractivity contribution in [3.05, 3.63) is 71.8 Å². The van der Waals surface area contributed by atoms with Crippen LogP contribution in [0.1, 0.15) is 37.3 Å². The third kappa shape index (κ3) is 5.41. The summed E-state index contributed by atoms with van der Waals surface area (Å²) in [7, 11) is 0. The van der Waals surface area contributed by atoms with E-state index >= 15 is 0 Å². The summed E-state index contributed by atoms with van der Waals surface area (Å²) in [5.74, 6) is 0.0351. The molecule has 0 aliphatic rings. The van der Waals surface area contributed by atoms with E-state index in [0.717, 1.165) is 37.1 Å². The Balaban J connectivity index is 2.10. The summed E-state index contributed by atoms with van der Waals surface area (Å²) in [5, 5.41) is 0. The number of amides is 1. The van der Waals surface area contributed by atoms with Gasteiger partial charge in [0.1, 0.15) is 0 Å². The SMILES string of the molecule is CCCCCN(C(=O)/C=C/c1ccc(C)cc1)c1ccccc1. The number of carbonyl (C=O) groups is 1. The van der Waals surface area contributed by atoms with Gasteiger partial charge in [-0.3, -0.25) is 4.79 Å². The van der Waals surface area contributed by atoms with E-state index in [4.69, 9.17) is 0 Å². The van der Waals surface area contributed by atoms with Crippen molar-refractivity contribution in [2.24, 2.45) is 0 Å². The van der Waals surface area contributed by atoms with Gasteiger partial charge in [0, 0.05) is 18.3 Å². The Morgan fingerprint density at radius 2 is 1.70 bits per heavy atom. The molecule has 0 aliphatic carbocycles. The number of nitrogens with zero attached hydrogens (tertiary/aromatic N) is 1. The fourth-order valence-corrected chi connectivity index (χ4v) is 2.43. The maximum absolute atomic E-state index is 12.6. The number of hydrogen-bond acceptors (Lipinski definition) is 1. The summed E-state index contributed by atoms with van der Waals surface area (Å²) >= 11 is 0. The fraction of sp³-hybridized carbons (Fsp3) is 0.286. The van der Waals surface area contributed by atoms with Gasteiger partial charge in [-0.1, -0.05) is 67.8 Å². The molecule has 23 heavy (non-hydrogen) atoms. The minimum absolute atomic E-state index is 0.0351. The summed E-state index contributed by atoms with van der Waals surface area (Å²) in [6.45, 7) is 4.99. The van der Waals surface area contributed by atoms with Crippen LogP contribution in [0.2, 0.25) is 0 Å². The molecule has 0 saturated heterocycles. The first-order valence-electron chi connectivity index (χ1n) is 8.32. The van der Waals surface area contributed by atoms with Crippen molar-refractivity contribution in [1.82, 2.24) is 0 Å². The topological polar surface area (TPSA) is 20.3 Å². The first kappa shape index (κ1) is 17.0. The van der Waals surface area contributed by atoms with Crippen LogP contribution in [0.25, 0.3) is 6.08 Å². The van der Waals surface area contributed by atoms with E-state index in [9.17, 15) is 4.79 Å². The highest BCUT2D eigenvalue weighted by molar-refractivity contribution is 6.03. The van der Waals surface area contributed by atoms with Crippen molar-refractivity contribution >= 4 is 17.7 Å². The Bertz CT molecular complexity index is 629. The third-order valence-electron chi connectivity index (χ3n) is 3.81. The van der Waals surface area contributed by atoms with Gasteiger partial charge in [0.25, 0.3) is 5.91 Å². The van der Waals surface area contributed by atoms with Crippen LogP contribution in [0.3, 0.4) is 0 Å². The lowest BCUT2D eigenvalue weighted by Crippen LogP contribution is -2.30. The average molecular weight is 307 g/mol. The number of unbranched alkanes of at least 4 members (excludes halogenated alkanes) is 2. The summed E-state index contributed by atoms with van der Waals surface area (Å²) < 4.78 is 0. The molecule has 0 aliphatic heterocycles. The molecule has 2 rings (SSSR count). The van der Waals surface area contributed by atoms with E-state index in [1.165, 1.54) is 5.56 Å². The molecule has 0 fully saturated rings. The lowest BCUT2D eigenvalue weighted by atomic mass is 10.1. The molecule has 2 heteroatoms. The quantitative estimate of drug-likeness (QED) is 0.506. The number of carbonyl (C=O) groups excluding carboxylic acids is 1. The first-order valence-corrected chi connectivity index (χ1v) is 8.32. The highest BCUT2D eigenvalue weighted by Crippen LogP contribution is 2.16. The van der Waals surface area contributed by atoms with E-state index in [1.807, 2.05) is 53.4 Å². The molecular weight excluding hydrogens is 282 g/mol. The van der Waals surface area contributed by atoms with E-state index in [-0.39, 0.29) is 5.91 Å². The molecule has 120 valence electrons. The molecule has 0 bridgehead atoms. The number of hydrogen-bond donors (Lipinski definition) is 0. The van der Waals surface area contributed by atoms with Crippen LogP contribution in [0.5, 0.6) is 0 Å². The van der Waals surface area contributed by atoms with E-state index in [2.05, 4.69) is 26.0 Å². The standard InChI is InChI=1S/C21H25NO/c1-3-4-8-17-22(20-9-6-5-7-10-20)21(23)16-15-19-13-11-18(2)12-14-19/h5-7,9-16H,3-4,8,17H2,1-2H3/b16-15+. The Kier molecular flexibility index (Phi) is 6.61. The van der Waals surface area contributed by atoms with Crippen LogP contribution < -0.4 is 4.90 Å². The number of benzene rings is 2. The Labute approximate surface area is 139 Å². The molecule has 0 radical (unpaired) electrons. The van der Waals surface area contributed by atoms with Crippen molar-refractivity contribution in [1.29, 1.82) is 0 Å². The minimum Gasteiger partial charge on any atom is -0.309 e. The van der Waals surface area contributed by atoms with E-state index in [1.54, 1.807) is 6.08 Å². The second-order valence-electron chi connectivity index (χ2n) is 5.78. The highest BCUT2D eigenvalue weighted by atomic mass is 16.2. The van der Waals surface area contributed by atoms with Gasteiger partial charge in [-0.2, -0.15) is 0 Å². The van der Waals surface area contributed by atoms with Crippen LogP contribution in [-0.2, 0) is 4.79 Å². The van der Waals surface area contributed by atoms with Gasteiger partial charge in [-0.25, -0.2) is 0 Å². The zero-order chi connectivity index (χ0) is 16.5. The second-order valence-corrected chi connectivity index (χ2v) is 5.78. The maximum Gasteiger partial charge on any atom is 0.250 e. The van der Waals surface area contributed by atoms with Crippen molar-refractivity contribution in [3.63, 3.8) is 0 Å². The molecule has 2 aromatic rings. The van der Waals surface area contributed by atoms with Gasteiger partial charge in [0.05, 0.1) is 0 Å². The van der Waals surface area contributed by atoms with Crippen LogP contribution in [0.15, 0.2) is 60.7 Å². The molecule has 0 heterocycles. The molecule has 0 aromatic heterocycles. The monoisotopic (exact) mass is 307 g/mol. The third-order valence-corrected chi connectivity index (χ3v) is 3.81. The highest BCUT2D eigenvalue weighted by Gasteiger charge is 2.12. The Hall–Kier alpha value is -2.35. The second kappa shape index (κ2) is 8.94. The molecule has 2 nitrogen and oxygen atoms in total. The predicted octanol–water partition coefficient (Wildman–Crippen LogP) is 5.23. The van der Waals surface area contributed by atoms with E-state index < -0.39 is 0 Å². The summed E-state index contributed by atoms with van der Waals surface area (Å²) in [6, 6.07) is 18.1. The zero-order valence-electron chi connectivity index (χ0n) is 14.0. The van der Waals surface area contributed by atoms with Gasteiger partial charge in [-0.05, 0) is 37.1 Å². The first-order chi connectivity index (χ1) is 11.2. The number of aryl methyl sites for hydroxylation is 1. The molecule has 0 atom stereocenters. The van der Waals surface area contributed by atoms with Crippen LogP contribution in [0.4, 0.5) is 5.69 Å². The van der Waals surface area contributed by atoms with Crippen molar-refractivity contribution in [2.45, 2.75) is 33.1 Å². The maximum atomic E-state index is 12.6. The average Bonchev–Trinajstić information content (AvgIpc) is 2.59. The Morgan fingerprint density at radius 3 is 2.35 bits per heavy atom. The summed E-state index contributed by atoms with van der Waals surface area (Å²) in [6.07, 6.45) is 6.87. The van der Waals surface area contributed by atoms with Crippen LogP contribution in [-0.4, -0.2) is 12.5 Å². The van der Waals surface area contributed by atoms with Gasteiger partial charge < -0.3 is 4.90 Å². The van der Waals surface area contributed by atoms with Gasteiger partial charge in [0.15, 0.2) is 0 Å². The van der Waals surface area contributed by atoms with Gasteiger partial charge in [0.2, 0.25) is 0 Å². The molecule has 0 saturated carbocycles. The lowest BCUT2D eigenvalue weighted by Gasteiger charge is -2.21. The van der Waals surface area contributed by atoms with E-state index in [0.29, 0.717) is 0 Å². The fourth-order valence-electron chi connectivity index (χ4n) is 2.43. The van der Waals surface area contributed by atoms with Crippen molar-refractivity contribution < 1.29 is 4.79 Å². The smallest absolute Gasteiger partial charge is 0.250 e. The zero-order valence-corrected chi connectivity index (χ0v) is 14.0. The largest absolute Gasteiger partial charge is 0.309 e. The van der Waals surface area contributed by atoms with Crippen LogP contribution in [0, 0.1) is 6.92 Å². The van der Waals surface area contributed by atoms with Gasteiger partial charge >= 0.3 is 0 Å². The molecule has 1 amide bonds. The normalized spacial score (nSPS) is 10.9. The van der Waals surface area contributed by atoms with Crippen molar-refractivity contribution in [3.8, 4) is 0 Å². The summed E-state index contributed by atoms with van der Waals surface area (Å²) in [5.41, 5.74) is 3.23. The molecule has 0 N–H and O–H groups in total. The minimum atomic E-state index is 0.0351. The number of anilines is 1. The number of para-hydroxylation sites is 1. The number of rotatable bonds is 7. The molecule has 0 spiro atoms. The lowest BCUT2D eigenvalue weighted by molar-refractivity contribution is -0.114. The predicted molar refractivity (Wildman–Crippen MR) is 98.5 cm³/mol.